The lowest BCUT2D eigenvalue weighted by molar-refractivity contribution is 0.0930. The maximum atomic E-state index is 12.2. The van der Waals surface area contributed by atoms with Crippen molar-refractivity contribution in [2.75, 3.05) is 17.2 Å². The fourth-order valence-electron chi connectivity index (χ4n) is 2.47. The molecule has 3 rings (SSSR count). The van der Waals surface area contributed by atoms with Gasteiger partial charge in [0.05, 0.1) is 0 Å². The van der Waals surface area contributed by atoms with Crippen LogP contribution >= 0.6 is 0 Å². The zero-order chi connectivity index (χ0) is 14.1. The summed E-state index contributed by atoms with van der Waals surface area (Å²) < 4.78 is 11.3. The molecule has 1 aliphatic rings. The van der Waals surface area contributed by atoms with E-state index in [1.54, 1.807) is 6.07 Å². The SMILES string of the molecule is Nc1ccc2[nH]c(C(=O)NC3CCS(=O)CC3)cc2c1. The van der Waals surface area contributed by atoms with E-state index in [9.17, 15) is 9.00 Å². The van der Waals surface area contributed by atoms with Gasteiger partial charge in [-0.05, 0) is 37.1 Å². The molecule has 106 valence electrons. The van der Waals surface area contributed by atoms with Crippen molar-refractivity contribution in [2.24, 2.45) is 0 Å². The molecule has 0 radical (unpaired) electrons. The van der Waals surface area contributed by atoms with Crippen LogP contribution in [0.15, 0.2) is 24.3 Å². The molecule has 2 aromatic rings. The molecule has 0 atom stereocenters. The molecule has 1 aliphatic heterocycles. The maximum Gasteiger partial charge on any atom is 0.267 e. The second-order valence-electron chi connectivity index (χ2n) is 5.13. The number of amides is 1. The molecule has 4 N–H and O–H groups in total. The fraction of sp³-hybridized carbons (Fsp3) is 0.357. The predicted molar refractivity (Wildman–Crippen MR) is 81.1 cm³/mol. The van der Waals surface area contributed by atoms with Crippen LogP contribution in [0.4, 0.5) is 5.69 Å². The summed E-state index contributed by atoms with van der Waals surface area (Å²) in [5.41, 5.74) is 7.84. The monoisotopic (exact) mass is 291 g/mol. The molecule has 0 bridgehead atoms. The summed E-state index contributed by atoms with van der Waals surface area (Å²) in [4.78, 5) is 15.3. The number of rotatable bonds is 2. The highest BCUT2D eigenvalue weighted by molar-refractivity contribution is 7.85. The Morgan fingerprint density at radius 1 is 1.30 bits per heavy atom. The van der Waals surface area contributed by atoms with Gasteiger partial charge in [-0.2, -0.15) is 0 Å². The third-order valence-electron chi connectivity index (χ3n) is 3.61. The molecule has 0 spiro atoms. The molecule has 0 aliphatic carbocycles. The van der Waals surface area contributed by atoms with E-state index in [1.807, 2.05) is 18.2 Å². The number of carbonyl (C=O) groups is 1. The number of benzene rings is 1. The Labute approximate surface area is 119 Å². The number of nitrogen functional groups attached to an aromatic ring is 1. The second kappa shape index (κ2) is 5.28. The highest BCUT2D eigenvalue weighted by atomic mass is 32.2. The van der Waals surface area contributed by atoms with Gasteiger partial charge in [-0.25, -0.2) is 0 Å². The predicted octanol–water partition coefficient (Wildman–Crippen LogP) is 1.39. The summed E-state index contributed by atoms with van der Waals surface area (Å²) in [6.45, 7) is 0. The number of aromatic nitrogens is 1. The first-order valence-electron chi connectivity index (χ1n) is 6.66. The summed E-state index contributed by atoms with van der Waals surface area (Å²) in [5, 5.41) is 3.93. The van der Waals surface area contributed by atoms with Crippen LogP contribution in [0.3, 0.4) is 0 Å². The van der Waals surface area contributed by atoms with Crippen molar-refractivity contribution in [2.45, 2.75) is 18.9 Å². The number of nitrogens with one attached hydrogen (secondary N) is 2. The molecule has 0 unspecified atom stereocenters. The number of hydrogen-bond acceptors (Lipinski definition) is 3. The van der Waals surface area contributed by atoms with E-state index in [0.29, 0.717) is 22.9 Å². The molecule has 1 aromatic heterocycles. The summed E-state index contributed by atoms with van der Waals surface area (Å²) in [6.07, 6.45) is 1.57. The van der Waals surface area contributed by atoms with Crippen molar-refractivity contribution in [3.8, 4) is 0 Å². The Morgan fingerprint density at radius 2 is 2.05 bits per heavy atom. The molecular formula is C14H17N3O2S. The zero-order valence-corrected chi connectivity index (χ0v) is 11.8. The van der Waals surface area contributed by atoms with Crippen LogP contribution in [0.25, 0.3) is 10.9 Å². The quantitative estimate of drug-likeness (QED) is 0.731. The van der Waals surface area contributed by atoms with Crippen LogP contribution in [-0.4, -0.2) is 32.6 Å². The Bertz CT molecular complexity index is 670. The Balaban J connectivity index is 1.73. The van der Waals surface area contributed by atoms with Crippen LogP contribution in [0, 0.1) is 0 Å². The van der Waals surface area contributed by atoms with Crippen LogP contribution in [0.2, 0.25) is 0 Å². The van der Waals surface area contributed by atoms with E-state index in [-0.39, 0.29) is 11.9 Å². The molecule has 0 saturated carbocycles. The van der Waals surface area contributed by atoms with Gasteiger partial charge in [0.2, 0.25) is 0 Å². The third-order valence-corrected chi connectivity index (χ3v) is 4.99. The largest absolute Gasteiger partial charge is 0.399 e. The number of H-pyrrole nitrogens is 1. The molecule has 1 aromatic carbocycles. The number of anilines is 1. The van der Waals surface area contributed by atoms with Gasteiger partial charge in [0.1, 0.15) is 5.69 Å². The van der Waals surface area contributed by atoms with Crippen LogP contribution in [-0.2, 0) is 10.8 Å². The molecule has 6 heteroatoms. The van der Waals surface area contributed by atoms with E-state index in [0.717, 1.165) is 23.7 Å². The Morgan fingerprint density at radius 3 is 2.80 bits per heavy atom. The van der Waals surface area contributed by atoms with Crippen molar-refractivity contribution in [1.29, 1.82) is 0 Å². The van der Waals surface area contributed by atoms with Gasteiger partial charge in [0.15, 0.2) is 0 Å². The fourth-order valence-corrected chi connectivity index (χ4v) is 3.77. The Kier molecular flexibility index (Phi) is 3.48. The smallest absolute Gasteiger partial charge is 0.267 e. The maximum absolute atomic E-state index is 12.2. The normalized spacial score (nSPS) is 22.8. The standard InChI is InChI=1S/C14H17N3O2S/c15-10-1-2-12-9(7-10)8-13(17-12)14(18)16-11-3-5-20(19)6-4-11/h1-2,7-8,11,17H,3-6,15H2,(H,16,18). The molecule has 2 heterocycles. The minimum absolute atomic E-state index is 0.113. The molecular weight excluding hydrogens is 274 g/mol. The van der Waals surface area contributed by atoms with Gasteiger partial charge in [0, 0.05) is 44.9 Å². The van der Waals surface area contributed by atoms with E-state index in [1.165, 1.54) is 0 Å². The van der Waals surface area contributed by atoms with Crippen LogP contribution < -0.4 is 11.1 Å². The summed E-state index contributed by atoms with van der Waals surface area (Å²) in [5.74, 6) is 1.24. The average Bonchev–Trinajstić information content (AvgIpc) is 2.84. The first-order valence-corrected chi connectivity index (χ1v) is 8.15. The minimum atomic E-state index is -0.708. The molecule has 20 heavy (non-hydrogen) atoms. The average molecular weight is 291 g/mol. The number of aromatic amines is 1. The van der Waals surface area contributed by atoms with Gasteiger partial charge in [-0.1, -0.05) is 0 Å². The molecule has 1 fully saturated rings. The number of nitrogens with two attached hydrogens (primary N) is 1. The number of fused-ring (bicyclic) bond motifs is 1. The molecule has 1 saturated heterocycles. The molecule has 5 nitrogen and oxygen atoms in total. The van der Waals surface area contributed by atoms with Crippen LogP contribution in [0.1, 0.15) is 23.3 Å². The highest BCUT2D eigenvalue weighted by Crippen LogP contribution is 2.19. The zero-order valence-electron chi connectivity index (χ0n) is 11.0. The van der Waals surface area contributed by atoms with Crippen LogP contribution in [0.5, 0.6) is 0 Å². The van der Waals surface area contributed by atoms with Gasteiger partial charge >= 0.3 is 0 Å². The summed E-state index contributed by atoms with van der Waals surface area (Å²) >= 11 is 0. The van der Waals surface area contributed by atoms with E-state index >= 15 is 0 Å². The van der Waals surface area contributed by atoms with Gasteiger partial charge < -0.3 is 16.0 Å². The summed E-state index contributed by atoms with van der Waals surface area (Å²) in [7, 11) is -0.708. The summed E-state index contributed by atoms with van der Waals surface area (Å²) in [6, 6.07) is 7.44. The lowest BCUT2D eigenvalue weighted by atomic mass is 10.1. The molecule has 1 amide bonds. The van der Waals surface area contributed by atoms with Crippen molar-refractivity contribution < 1.29 is 9.00 Å². The third kappa shape index (κ3) is 2.70. The Hall–Kier alpha value is -1.82. The number of hydrogen-bond donors (Lipinski definition) is 3. The van der Waals surface area contributed by atoms with Crippen molar-refractivity contribution in [3.05, 3.63) is 30.0 Å². The highest BCUT2D eigenvalue weighted by Gasteiger charge is 2.20. The van der Waals surface area contributed by atoms with Gasteiger partial charge in [0.25, 0.3) is 5.91 Å². The van der Waals surface area contributed by atoms with Crippen molar-refractivity contribution in [3.63, 3.8) is 0 Å². The van der Waals surface area contributed by atoms with Crippen molar-refractivity contribution >= 4 is 33.3 Å². The number of carbonyl (C=O) groups excluding carboxylic acids is 1. The first-order chi connectivity index (χ1) is 9.61. The van der Waals surface area contributed by atoms with E-state index in [4.69, 9.17) is 5.73 Å². The lowest BCUT2D eigenvalue weighted by Gasteiger charge is -2.22. The van der Waals surface area contributed by atoms with Crippen molar-refractivity contribution in [1.82, 2.24) is 10.3 Å². The minimum Gasteiger partial charge on any atom is -0.399 e. The van der Waals surface area contributed by atoms with Gasteiger partial charge in [-0.15, -0.1) is 0 Å². The first kappa shape index (κ1) is 13.2. The topological polar surface area (TPSA) is 88.0 Å². The lowest BCUT2D eigenvalue weighted by Crippen LogP contribution is -2.39. The van der Waals surface area contributed by atoms with Gasteiger partial charge in [-0.3, -0.25) is 9.00 Å². The second-order valence-corrected chi connectivity index (χ2v) is 6.82. The van der Waals surface area contributed by atoms with E-state index < -0.39 is 10.8 Å². The van der Waals surface area contributed by atoms with E-state index in [2.05, 4.69) is 10.3 Å².